The molecule has 0 radical (unpaired) electrons. The number of halogens is 1. The third-order valence-corrected chi connectivity index (χ3v) is 5.36. The molecule has 1 aliphatic rings. The number of pyridine rings is 1. The molecule has 30 heavy (non-hydrogen) atoms. The van der Waals surface area contributed by atoms with Crippen molar-refractivity contribution in [2.75, 3.05) is 4.90 Å². The number of carbonyl (C=O) groups excluding carboxylic acids is 1. The number of fused-ring (bicyclic) bond motifs is 1. The van der Waals surface area contributed by atoms with Gasteiger partial charge in [0.2, 0.25) is 0 Å². The standard InChI is InChI=1S/C21H13ClN6O2/c22-16-9-14(2-4-18(16)30-15-3-1-13-5-7-25-27(13)10-15)28-19(29)11-26-8-6-17-20(26)21(28)24-12-23-17/h1-10,12H,11H2. The lowest BCUT2D eigenvalue weighted by Gasteiger charge is -2.27. The molecule has 0 atom stereocenters. The van der Waals surface area contributed by atoms with Crippen molar-refractivity contribution in [3.05, 3.63) is 72.4 Å². The summed E-state index contributed by atoms with van der Waals surface area (Å²) in [6.07, 6.45) is 6.80. The van der Waals surface area contributed by atoms with E-state index >= 15 is 0 Å². The van der Waals surface area contributed by atoms with Crippen molar-refractivity contribution in [2.24, 2.45) is 0 Å². The summed E-state index contributed by atoms with van der Waals surface area (Å²) in [5.41, 5.74) is 3.19. The summed E-state index contributed by atoms with van der Waals surface area (Å²) in [6, 6.07) is 12.8. The van der Waals surface area contributed by atoms with Gasteiger partial charge in [-0.25, -0.2) is 14.5 Å². The zero-order valence-corrected chi connectivity index (χ0v) is 16.2. The van der Waals surface area contributed by atoms with E-state index in [9.17, 15) is 4.79 Å². The molecular weight excluding hydrogens is 404 g/mol. The Morgan fingerprint density at radius 1 is 1.07 bits per heavy atom. The first-order valence-electron chi connectivity index (χ1n) is 9.21. The Labute approximate surface area is 174 Å². The summed E-state index contributed by atoms with van der Waals surface area (Å²) in [5.74, 6) is 1.51. The maximum absolute atomic E-state index is 12.8. The topological polar surface area (TPSA) is 77.5 Å². The van der Waals surface area contributed by atoms with E-state index in [4.69, 9.17) is 16.3 Å². The summed E-state index contributed by atoms with van der Waals surface area (Å²) in [7, 11) is 0. The van der Waals surface area contributed by atoms with Crippen LogP contribution in [-0.4, -0.2) is 30.1 Å². The minimum Gasteiger partial charge on any atom is -0.454 e. The van der Waals surface area contributed by atoms with Crippen LogP contribution in [0.15, 0.2) is 67.4 Å². The number of hydrogen-bond donors (Lipinski definition) is 0. The number of rotatable bonds is 3. The molecule has 0 fully saturated rings. The van der Waals surface area contributed by atoms with E-state index in [1.165, 1.54) is 6.33 Å². The van der Waals surface area contributed by atoms with Crippen LogP contribution < -0.4 is 9.64 Å². The van der Waals surface area contributed by atoms with Gasteiger partial charge < -0.3 is 9.30 Å². The number of benzene rings is 1. The zero-order chi connectivity index (χ0) is 20.2. The van der Waals surface area contributed by atoms with Crippen molar-refractivity contribution in [3.8, 4) is 11.5 Å². The maximum Gasteiger partial charge on any atom is 0.252 e. The van der Waals surface area contributed by atoms with E-state index in [2.05, 4.69) is 15.1 Å². The molecule has 1 amide bonds. The second kappa shape index (κ2) is 6.30. The summed E-state index contributed by atoms with van der Waals surface area (Å²) in [5, 5.41) is 4.59. The van der Waals surface area contributed by atoms with Crippen molar-refractivity contribution >= 4 is 45.6 Å². The van der Waals surface area contributed by atoms with Gasteiger partial charge in [0.05, 0.1) is 27.9 Å². The second-order valence-electron chi connectivity index (χ2n) is 6.89. The molecule has 0 saturated carbocycles. The Kier molecular flexibility index (Phi) is 3.57. The molecule has 5 aromatic rings. The van der Waals surface area contributed by atoms with Gasteiger partial charge in [-0.15, -0.1) is 0 Å². The van der Waals surface area contributed by atoms with E-state index < -0.39 is 0 Å². The molecule has 1 aliphatic heterocycles. The molecule has 146 valence electrons. The van der Waals surface area contributed by atoms with Crippen LogP contribution in [0.5, 0.6) is 11.5 Å². The lowest BCUT2D eigenvalue weighted by Crippen LogP contribution is -2.34. The highest BCUT2D eigenvalue weighted by atomic mass is 35.5. The first-order chi connectivity index (χ1) is 14.7. The van der Waals surface area contributed by atoms with Gasteiger partial charge in [-0.1, -0.05) is 11.6 Å². The van der Waals surface area contributed by atoms with Crippen LogP contribution in [0.3, 0.4) is 0 Å². The highest BCUT2D eigenvalue weighted by molar-refractivity contribution is 6.32. The summed E-state index contributed by atoms with van der Waals surface area (Å²) in [4.78, 5) is 23.0. The fourth-order valence-corrected chi connectivity index (χ4v) is 3.92. The van der Waals surface area contributed by atoms with Crippen molar-refractivity contribution in [1.29, 1.82) is 0 Å². The number of anilines is 2. The normalized spacial score (nSPS) is 13.4. The van der Waals surface area contributed by atoms with Crippen LogP contribution >= 0.6 is 11.6 Å². The molecule has 1 aromatic carbocycles. The average molecular weight is 417 g/mol. The molecule has 6 rings (SSSR count). The highest BCUT2D eigenvalue weighted by Crippen LogP contribution is 2.38. The SMILES string of the molecule is O=C1Cn2ccc3ncnc(c32)N1c1ccc(Oc2ccc3ccnn3c2)c(Cl)c1. The van der Waals surface area contributed by atoms with Crippen molar-refractivity contribution in [2.45, 2.75) is 6.54 Å². The smallest absolute Gasteiger partial charge is 0.252 e. The Morgan fingerprint density at radius 3 is 2.90 bits per heavy atom. The summed E-state index contributed by atoms with van der Waals surface area (Å²) < 4.78 is 9.51. The third kappa shape index (κ3) is 2.54. The minimum atomic E-state index is -0.104. The van der Waals surface area contributed by atoms with E-state index in [1.807, 2.05) is 35.0 Å². The fourth-order valence-electron chi connectivity index (χ4n) is 3.71. The zero-order valence-electron chi connectivity index (χ0n) is 15.4. The van der Waals surface area contributed by atoms with Crippen LogP contribution in [-0.2, 0) is 11.3 Å². The number of hydrogen-bond acceptors (Lipinski definition) is 5. The van der Waals surface area contributed by atoms with Crippen molar-refractivity contribution < 1.29 is 9.53 Å². The molecule has 0 bridgehead atoms. The van der Waals surface area contributed by atoms with Gasteiger partial charge >= 0.3 is 0 Å². The van der Waals surface area contributed by atoms with E-state index in [0.29, 0.717) is 28.0 Å². The van der Waals surface area contributed by atoms with Crippen LogP contribution in [0.2, 0.25) is 5.02 Å². The van der Waals surface area contributed by atoms with Gasteiger partial charge in [0.1, 0.15) is 29.9 Å². The molecular formula is C21H13ClN6O2. The molecule has 0 unspecified atom stereocenters. The van der Waals surface area contributed by atoms with Crippen molar-refractivity contribution in [3.63, 3.8) is 0 Å². The van der Waals surface area contributed by atoms with Crippen LogP contribution in [0.1, 0.15) is 0 Å². The number of amides is 1. The van der Waals surface area contributed by atoms with E-state index in [-0.39, 0.29) is 12.5 Å². The summed E-state index contributed by atoms with van der Waals surface area (Å²) >= 11 is 6.50. The van der Waals surface area contributed by atoms with E-state index in [0.717, 1.165) is 16.6 Å². The Bertz CT molecular complexity index is 1460. The van der Waals surface area contributed by atoms with Crippen LogP contribution in [0.25, 0.3) is 16.6 Å². The predicted molar refractivity (Wildman–Crippen MR) is 111 cm³/mol. The number of carbonyl (C=O) groups is 1. The molecule has 0 saturated heterocycles. The van der Waals surface area contributed by atoms with Gasteiger partial charge in [0.25, 0.3) is 5.91 Å². The number of ether oxygens (including phenoxy) is 1. The Hall–Kier alpha value is -3.91. The third-order valence-electron chi connectivity index (χ3n) is 5.07. The van der Waals surface area contributed by atoms with E-state index in [1.54, 1.807) is 40.0 Å². The molecule has 9 heteroatoms. The quantitative estimate of drug-likeness (QED) is 0.440. The maximum atomic E-state index is 12.8. The largest absolute Gasteiger partial charge is 0.454 e. The molecule has 4 aromatic heterocycles. The average Bonchev–Trinajstić information content (AvgIpc) is 3.37. The Morgan fingerprint density at radius 2 is 2.00 bits per heavy atom. The first-order valence-corrected chi connectivity index (χ1v) is 9.59. The Balaban J connectivity index is 1.37. The van der Waals surface area contributed by atoms with Gasteiger partial charge in [-0.05, 0) is 42.5 Å². The molecule has 0 spiro atoms. The number of nitrogens with zero attached hydrogens (tertiary/aromatic N) is 6. The number of aromatic nitrogens is 5. The minimum absolute atomic E-state index is 0.104. The molecule has 5 heterocycles. The van der Waals surface area contributed by atoms with Crippen molar-refractivity contribution in [1.82, 2.24) is 24.1 Å². The van der Waals surface area contributed by atoms with Crippen LogP contribution in [0, 0.1) is 0 Å². The lowest BCUT2D eigenvalue weighted by atomic mass is 10.2. The highest BCUT2D eigenvalue weighted by Gasteiger charge is 2.29. The summed E-state index contributed by atoms with van der Waals surface area (Å²) in [6.45, 7) is 0.212. The first kappa shape index (κ1) is 17.0. The van der Waals surface area contributed by atoms with Gasteiger partial charge in [-0.3, -0.25) is 9.69 Å². The van der Waals surface area contributed by atoms with Gasteiger partial charge in [0, 0.05) is 12.4 Å². The molecule has 0 N–H and O–H groups in total. The van der Waals surface area contributed by atoms with Gasteiger partial charge in [0.15, 0.2) is 5.82 Å². The van der Waals surface area contributed by atoms with Gasteiger partial charge in [-0.2, -0.15) is 5.10 Å². The second-order valence-corrected chi connectivity index (χ2v) is 7.29. The lowest BCUT2D eigenvalue weighted by molar-refractivity contribution is -0.118. The van der Waals surface area contributed by atoms with Crippen LogP contribution in [0.4, 0.5) is 11.5 Å². The monoisotopic (exact) mass is 416 g/mol. The molecule has 8 nitrogen and oxygen atoms in total. The fraction of sp³-hybridized carbons (Fsp3) is 0.0476. The molecule has 0 aliphatic carbocycles. The predicted octanol–water partition coefficient (Wildman–Crippen LogP) is 4.20.